The van der Waals surface area contributed by atoms with Gasteiger partial charge in [0.05, 0.1) is 0 Å². The van der Waals surface area contributed by atoms with E-state index in [2.05, 4.69) is 67.5 Å². The van der Waals surface area contributed by atoms with Crippen LogP contribution in [-0.4, -0.2) is 56.7 Å². The van der Waals surface area contributed by atoms with E-state index in [-0.39, 0.29) is 17.7 Å². The van der Waals surface area contributed by atoms with Gasteiger partial charge >= 0.3 is 0 Å². The molecule has 1 aliphatic heterocycles. The lowest BCUT2D eigenvalue weighted by molar-refractivity contribution is 0.0724. The summed E-state index contributed by atoms with van der Waals surface area (Å²) in [4.78, 5) is 53.1. The lowest BCUT2D eigenvalue weighted by Crippen LogP contribution is -2.36. The van der Waals surface area contributed by atoms with E-state index >= 15 is 0 Å². The molecule has 1 saturated carbocycles. The van der Waals surface area contributed by atoms with Crippen molar-refractivity contribution in [2.24, 2.45) is 0 Å². The maximum atomic E-state index is 12.7. The number of amides is 3. The average molecular weight is 1140 g/mol. The van der Waals surface area contributed by atoms with E-state index in [1.807, 2.05) is 231 Å². The van der Waals surface area contributed by atoms with Crippen LogP contribution in [0.5, 0.6) is 0 Å². The van der Waals surface area contributed by atoms with Gasteiger partial charge in [-0.2, -0.15) is 0 Å². The number of pyridine rings is 3. The topological polar surface area (TPSA) is 153 Å². The van der Waals surface area contributed by atoms with Gasteiger partial charge in [-0.25, -0.2) is 15.0 Å². The molecule has 3 amide bonds. The van der Waals surface area contributed by atoms with Gasteiger partial charge in [-0.3, -0.25) is 14.4 Å². The Balaban J connectivity index is 0.000000143. The van der Waals surface area contributed by atoms with Crippen LogP contribution in [0.15, 0.2) is 231 Å². The van der Waals surface area contributed by atoms with Crippen molar-refractivity contribution in [3.8, 4) is 33.4 Å². The molecule has 0 spiro atoms. The third kappa shape index (κ3) is 16.3. The van der Waals surface area contributed by atoms with Gasteiger partial charge in [0.1, 0.15) is 17.5 Å². The van der Waals surface area contributed by atoms with Crippen molar-refractivity contribution in [1.82, 2.24) is 25.2 Å². The normalized spacial score (nSPS) is 12.9. The van der Waals surface area contributed by atoms with Crippen LogP contribution in [0.1, 0.15) is 99.1 Å². The van der Waals surface area contributed by atoms with Crippen molar-refractivity contribution in [3.63, 3.8) is 0 Å². The Hall–Kier alpha value is -10.2. The highest BCUT2D eigenvalue weighted by molar-refractivity contribution is 6.04. The molecule has 2 aliphatic rings. The van der Waals surface area contributed by atoms with E-state index in [4.69, 9.17) is 0 Å². The van der Waals surface area contributed by atoms with Crippen LogP contribution in [0.25, 0.3) is 33.4 Å². The summed E-state index contributed by atoms with van der Waals surface area (Å²) in [7, 11) is 0. The zero-order valence-electron chi connectivity index (χ0n) is 49.1. The van der Waals surface area contributed by atoms with Crippen molar-refractivity contribution in [1.29, 1.82) is 0 Å². The second-order valence-electron chi connectivity index (χ2n) is 21.8. The molecule has 1 aliphatic carbocycles. The van der Waals surface area contributed by atoms with Crippen LogP contribution in [-0.2, 0) is 0 Å². The van der Waals surface area contributed by atoms with Crippen LogP contribution in [0.4, 0.5) is 40.2 Å². The Labute approximate surface area is 505 Å². The predicted octanol–water partition coefficient (Wildman–Crippen LogP) is 17.3. The van der Waals surface area contributed by atoms with Crippen LogP contribution in [0, 0.1) is 20.8 Å². The molecule has 5 N–H and O–H groups in total. The second kappa shape index (κ2) is 29.4. The van der Waals surface area contributed by atoms with Crippen molar-refractivity contribution in [2.75, 3.05) is 34.4 Å². The lowest BCUT2D eigenvalue weighted by atomic mass is 9.95. The number of piperidine rings is 1. The maximum Gasteiger partial charge on any atom is 0.255 e. The number of carbonyl (C=O) groups excluding carboxylic acids is 3. The van der Waals surface area contributed by atoms with Crippen molar-refractivity contribution >= 4 is 57.9 Å². The van der Waals surface area contributed by atoms with E-state index in [0.29, 0.717) is 17.2 Å². The van der Waals surface area contributed by atoms with Crippen molar-refractivity contribution in [2.45, 2.75) is 78.2 Å². The van der Waals surface area contributed by atoms with Gasteiger partial charge in [0.25, 0.3) is 17.7 Å². The molecule has 86 heavy (non-hydrogen) atoms. The van der Waals surface area contributed by atoms with Gasteiger partial charge in [-0.1, -0.05) is 128 Å². The third-order valence-electron chi connectivity index (χ3n) is 15.4. The SMILES string of the molecule is Cc1cnc(Nc2ccccc2)cc1-c1ccc(C(=O)N2CCCCC2)cc1.Cc1cnc(Nc2ccccc2)cc1-c1ccc(C(=O)NC2CCCCC2)cc1.Cc1cnc(Nc2ccccc2)cc1-c1ccc(C(=O)Nc2ccccc2)cc1. The van der Waals surface area contributed by atoms with Gasteiger partial charge < -0.3 is 31.5 Å². The first-order chi connectivity index (χ1) is 42.1. The van der Waals surface area contributed by atoms with E-state index < -0.39 is 0 Å². The summed E-state index contributed by atoms with van der Waals surface area (Å²) in [5.41, 5.74) is 15.7. The molecule has 7 aromatic carbocycles. The summed E-state index contributed by atoms with van der Waals surface area (Å²) in [6, 6.07) is 69.3. The Morgan fingerprint density at radius 1 is 0.384 bits per heavy atom. The highest BCUT2D eigenvalue weighted by Gasteiger charge is 2.20. The van der Waals surface area contributed by atoms with Gasteiger partial charge in [-0.05, 0) is 206 Å². The molecule has 4 heterocycles. The first-order valence-corrected chi connectivity index (χ1v) is 29.7. The summed E-state index contributed by atoms with van der Waals surface area (Å²) in [6.07, 6.45) is 15.0. The molecular weight excluding hydrogens is 1060 g/mol. The molecule has 10 aromatic rings. The number of nitrogens with zero attached hydrogens (tertiary/aromatic N) is 4. The number of carbonyl (C=O) groups is 3. The summed E-state index contributed by atoms with van der Waals surface area (Å²) >= 11 is 0. The summed E-state index contributed by atoms with van der Waals surface area (Å²) in [5.74, 6) is 2.44. The molecular formula is C74H73N9O3. The molecule has 12 nitrogen and oxygen atoms in total. The average Bonchev–Trinajstić information content (AvgIpc) is 3.72. The highest BCUT2D eigenvalue weighted by atomic mass is 16.2. The van der Waals surface area contributed by atoms with E-state index in [1.54, 1.807) is 0 Å². The van der Waals surface area contributed by atoms with Crippen molar-refractivity contribution < 1.29 is 14.4 Å². The monoisotopic (exact) mass is 1140 g/mol. The maximum absolute atomic E-state index is 12.7. The molecule has 2 fully saturated rings. The van der Waals surface area contributed by atoms with Gasteiger partial charge in [-0.15, -0.1) is 0 Å². The number of para-hydroxylation sites is 4. The Morgan fingerprint density at radius 2 is 0.721 bits per heavy atom. The molecule has 0 unspecified atom stereocenters. The Morgan fingerprint density at radius 3 is 1.10 bits per heavy atom. The van der Waals surface area contributed by atoms with Gasteiger partial charge in [0, 0.05) is 77.2 Å². The first-order valence-electron chi connectivity index (χ1n) is 29.7. The zero-order chi connectivity index (χ0) is 59.5. The standard InChI is InChI=1S/C25H27N3O.C25H21N3O.C24H25N3O/c2*1-18-17-26-24(27-21-8-4-2-5-9-21)16-23(18)19-12-14-20(15-13-19)25(29)28-22-10-6-3-7-11-22;1-18-17-25-23(26-21-8-4-2-5-9-21)16-22(18)19-10-12-20(13-11-19)24(28)27-14-6-3-7-15-27/h2,4-5,8-9,12-17,22H,3,6-7,10-11H2,1H3,(H,26,27)(H,28,29);2-17H,1H3,(H,26,27)(H,28,29);2,4-5,8-13,16-17H,3,6-7,14-15H2,1H3,(H,25,26). The van der Waals surface area contributed by atoms with Crippen LogP contribution < -0.4 is 26.6 Å². The van der Waals surface area contributed by atoms with E-state index in [9.17, 15) is 14.4 Å². The quantitative estimate of drug-likeness (QED) is 0.0716. The van der Waals surface area contributed by atoms with Crippen LogP contribution in [0.3, 0.4) is 0 Å². The van der Waals surface area contributed by atoms with Gasteiger partial charge in [0.15, 0.2) is 0 Å². The number of benzene rings is 7. The Kier molecular flexibility index (Phi) is 20.1. The molecule has 3 aromatic heterocycles. The zero-order valence-corrected chi connectivity index (χ0v) is 49.1. The minimum atomic E-state index is -0.124. The molecule has 432 valence electrons. The summed E-state index contributed by atoms with van der Waals surface area (Å²) in [6.45, 7) is 7.89. The fourth-order valence-corrected chi connectivity index (χ4v) is 10.6. The minimum absolute atomic E-state index is 0.0290. The fourth-order valence-electron chi connectivity index (χ4n) is 10.6. The molecule has 0 radical (unpaired) electrons. The smallest absolute Gasteiger partial charge is 0.255 e. The number of aryl methyl sites for hydroxylation is 3. The largest absolute Gasteiger partial charge is 0.349 e. The number of rotatable bonds is 14. The van der Waals surface area contributed by atoms with E-state index in [1.165, 1.54) is 25.7 Å². The predicted molar refractivity (Wildman–Crippen MR) is 351 cm³/mol. The van der Waals surface area contributed by atoms with Gasteiger partial charge in [0.2, 0.25) is 0 Å². The third-order valence-corrected chi connectivity index (χ3v) is 15.4. The first kappa shape index (κ1) is 59.0. The summed E-state index contributed by atoms with van der Waals surface area (Å²) < 4.78 is 0. The number of nitrogens with one attached hydrogen (secondary N) is 5. The number of anilines is 7. The molecule has 12 heteroatoms. The van der Waals surface area contributed by atoms with Crippen LogP contribution in [0.2, 0.25) is 0 Å². The highest BCUT2D eigenvalue weighted by Crippen LogP contribution is 2.31. The number of likely N-dealkylation sites (tertiary alicyclic amines) is 1. The van der Waals surface area contributed by atoms with Crippen molar-refractivity contribution in [3.05, 3.63) is 264 Å². The molecule has 12 rings (SSSR count). The molecule has 1 saturated heterocycles. The second-order valence-corrected chi connectivity index (χ2v) is 21.8. The fraction of sp³-hybridized carbons (Fsp3) is 0.189. The molecule has 0 atom stereocenters. The number of aromatic nitrogens is 3. The number of hydrogen-bond donors (Lipinski definition) is 5. The Bertz CT molecular complexity index is 3820. The molecule has 0 bridgehead atoms. The summed E-state index contributed by atoms with van der Waals surface area (Å²) in [5, 5.41) is 16.1. The van der Waals surface area contributed by atoms with E-state index in [0.717, 1.165) is 135 Å². The number of hydrogen-bond acceptors (Lipinski definition) is 9. The minimum Gasteiger partial charge on any atom is -0.349 e. The van der Waals surface area contributed by atoms with Crippen LogP contribution >= 0.6 is 0 Å². The lowest BCUT2D eigenvalue weighted by Gasteiger charge is -2.26.